The van der Waals surface area contributed by atoms with E-state index in [4.69, 9.17) is 4.74 Å². The molecule has 37 heavy (non-hydrogen) atoms. The highest BCUT2D eigenvalue weighted by Gasteiger charge is 2.36. The molecule has 6 heteroatoms. The molecule has 200 valence electrons. The highest BCUT2D eigenvalue weighted by atomic mass is 16.5. The van der Waals surface area contributed by atoms with Crippen molar-refractivity contribution in [2.75, 3.05) is 0 Å². The fourth-order valence-electron chi connectivity index (χ4n) is 5.84. The van der Waals surface area contributed by atoms with Gasteiger partial charge < -0.3 is 20.1 Å². The number of nitrogens with zero attached hydrogens (tertiary/aromatic N) is 1. The second-order valence-electron chi connectivity index (χ2n) is 12.1. The number of benzene rings is 2. The Labute approximate surface area is 221 Å². The number of rotatable bonds is 5. The number of carboxylic acid groups (broad SMARTS) is 1. The third-order valence-electron chi connectivity index (χ3n) is 7.94. The Morgan fingerprint density at radius 3 is 2.08 bits per heavy atom. The molecule has 6 nitrogen and oxygen atoms in total. The summed E-state index contributed by atoms with van der Waals surface area (Å²) in [4.78, 5) is 27.8. The van der Waals surface area contributed by atoms with E-state index in [1.165, 1.54) is 0 Å². The largest absolute Gasteiger partial charge is 0.479 e. The van der Waals surface area contributed by atoms with E-state index in [1.807, 2.05) is 63.8 Å². The van der Waals surface area contributed by atoms with Gasteiger partial charge in [-0.3, -0.25) is 0 Å². The molecule has 0 saturated heterocycles. The second-order valence-corrected chi connectivity index (χ2v) is 12.1. The quantitative estimate of drug-likeness (QED) is 0.466. The lowest BCUT2D eigenvalue weighted by Crippen LogP contribution is -2.43. The predicted molar refractivity (Wildman–Crippen MR) is 147 cm³/mol. The lowest BCUT2D eigenvalue weighted by Gasteiger charge is -2.29. The molecule has 2 amide bonds. The number of carboxylic acids is 1. The van der Waals surface area contributed by atoms with Gasteiger partial charge in [-0.2, -0.15) is 0 Å². The molecule has 1 atom stereocenters. The van der Waals surface area contributed by atoms with Gasteiger partial charge in [-0.1, -0.05) is 36.8 Å². The van der Waals surface area contributed by atoms with Crippen molar-refractivity contribution in [2.24, 2.45) is 5.92 Å². The Kier molecular flexibility index (Phi) is 7.70. The fourth-order valence-corrected chi connectivity index (χ4v) is 5.84. The van der Waals surface area contributed by atoms with Crippen LogP contribution in [0.3, 0.4) is 0 Å². The number of aliphatic carboxylic acids is 1. The lowest BCUT2D eigenvalue weighted by molar-refractivity contribution is -0.160. The first-order valence-electron chi connectivity index (χ1n) is 13.5. The maximum Gasteiger partial charge on any atom is 0.337 e. The third-order valence-corrected chi connectivity index (χ3v) is 7.94. The van der Waals surface area contributed by atoms with Gasteiger partial charge >= 0.3 is 12.0 Å². The van der Waals surface area contributed by atoms with E-state index in [2.05, 4.69) is 19.2 Å². The Morgan fingerprint density at radius 1 is 0.973 bits per heavy atom. The van der Waals surface area contributed by atoms with Gasteiger partial charge in [0.2, 0.25) is 0 Å². The molecule has 1 fully saturated rings. The Bertz CT molecular complexity index is 1170. The summed E-state index contributed by atoms with van der Waals surface area (Å²) in [5, 5.41) is 13.6. The second kappa shape index (κ2) is 10.5. The maximum absolute atomic E-state index is 13.3. The van der Waals surface area contributed by atoms with E-state index < -0.39 is 17.7 Å². The van der Waals surface area contributed by atoms with Crippen LogP contribution in [0.15, 0.2) is 24.3 Å². The van der Waals surface area contributed by atoms with Crippen molar-refractivity contribution < 1.29 is 19.4 Å². The van der Waals surface area contributed by atoms with Gasteiger partial charge in [0.15, 0.2) is 6.10 Å². The highest BCUT2D eigenvalue weighted by molar-refractivity contribution is 5.85. The summed E-state index contributed by atoms with van der Waals surface area (Å²) < 4.78 is 6.16. The summed E-state index contributed by atoms with van der Waals surface area (Å²) in [5.41, 5.74) is 7.12. The number of ether oxygens (including phenoxy) is 1. The first-order valence-corrected chi connectivity index (χ1v) is 13.5. The maximum atomic E-state index is 13.3. The average Bonchev–Trinajstić information content (AvgIpc) is 3.28. The van der Waals surface area contributed by atoms with Gasteiger partial charge in [0, 0.05) is 24.7 Å². The average molecular weight is 507 g/mol. The number of hydrogen-bond acceptors (Lipinski definition) is 3. The summed E-state index contributed by atoms with van der Waals surface area (Å²) >= 11 is 0. The SMILES string of the molecule is Cc1ccc(-c2c(C)c3c(c(C)c2C(OC(C)(C)C)C(=O)O)CN(C(=O)NC2CCC(C)CC2)C3)cc1. The minimum absolute atomic E-state index is 0.0336. The fraction of sp³-hybridized carbons (Fsp3) is 0.548. The highest BCUT2D eigenvalue weighted by Crippen LogP contribution is 2.43. The Balaban J connectivity index is 1.76. The third kappa shape index (κ3) is 5.85. The molecule has 1 unspecified atom stereocenters. The molecule has 4 rings (SSSR count). The monoisotopic (exact) mass is 506 g/mol. The molecule has 2 aliphatic rings. The van der Waals surface area contributed by atoms with Crippen molar-refractivity contribution >= 4 is 12.0 Å². The van der Waals surface area contributed by atoms with E-state index >= 15 is 0 Å². The topological polar surface area (TPSA) is 78.9 Å². The molecule has 2 N–H and O–H groups in total. The molecule has 0 aromatic heterocycles. The van der Waals surface area contributed by atoms with Crippen molar-refractivity contribution in [3.63, 3.8) is 0 Å². The minimum atomic E-state index is -1.12. The number of aryl methyl sites for hydroxylation is 1. The summed E-state index contributed by atoms with van der Waals surface area (Å²) in [6, 6.07) is 8.39. The summed E-state index contributed by atoms with van der Waals surface area (Å²) in [6.45, 7) is 15.0. The molecule has 1 heterocycles. The number of hydrogen-bond donors (Lipinski definition) is 2. The zero-order valence-corrected chi connectivity index (χ0v) is 23.4. The van der Waals surface area contributed by atoms with Crippen molar-refractivity contribution in [1.29, 1.82) is 0 Å². The van der Waals surface area contributed by atoms with Crippen molar-refractivity contribution in [2.45, 2.75) is 105 Å². The van der Waals surface area contributed by atoms with Gasteiger partial charge in [0.1, 0.15) is 0 Å². The Morgan fingerprint density at radius 2 is 1.54 bits per heavy atom. The number of urea groups is 1. The summed E-state index contributed by atoms with van der Waals surface area (Å²) in [6.07, 6.45) is 3.23. The molecule has 2 aromatic carbocycles. The van der Waals surface area contributed by atoms with E-state index in [-0.39, 0.29) is 12.1 Å². The number of amides is 2. The van der Waals surface area contributed by atoms with Gasteiger partial charge in [-0.25, -0.2) is 9.59 Å². The normalized spacial score (nSPS) is 20.5. The van der Waals surface area contributed by atoms with E-state index in [1.54, 1.807) is 0 Å². The van der Waals surface area contributed by atoms with Gasteiger partial charge in [-0.15, -0.1) is 0 Å². The smallest absolute Gasteiger partial charge is 0.337 e. The van der Waals surface area contributed by atoms with E-state index in [9.17, 15) is 14.7 Å². The molecular weight excluding hydrogens is 464 g/mol. The summed E-state index contributed by atoms with van der Waals surface area (Å²) in [7, 11) is 0. The first-order chi connectivity index (χ1) is 17.4. The zero-order valence-electron chi connectivity index (χ0n) is 23.4. The molecule has 0 bridgehead atoms. The molecule has 1 saturated carbocycles. The van der Waals surface area contributed by atoms with Crippen LogP contribution in [0.5, 0.6) is 0 Å². The van der Waals surface area contributed by atoms with Crippen LogP contribution < -0.4 is 5.32 Å². The standard InChI is InChI=1S/C31H42N2O4/c1-18-8-12-22(13-9-18)26-20(3)24-16-33(30(36)32-23-14-10-19(2)11-15-23)17-25(24)21(4)27(26)28(29(34)35)37-31(5,6)7/h8-9,12-13,19,23,28H,10-11,14-17H2,1-7H3,(H,32,36)(H,34,35). The van der Waals surface area contributed by atoms with Crippen LogP contribution >= 0.6 is 0 Å². The van der Waals surface area contributed by atoms with Crippen LogP contribution in [0.1, 0.15) is 92.9 Å². The van der Waals surface area contributed by atoms with Crippen molar-refractivity contribution in [3.05, 3.63) is 57.6 Å². The molecule has 1 aliphatic heterocycles. The van der Waals surface area contributed by atoms with Crippen LogP contribution in [0.4, 0.5) is 4.79 Å². The van der Waals surface area contributed by atoms with Crippen molar-refractivity contribution in [1.82, 2.24) is 10.2 Å². The summed E-state index contributed by atoms with van der Waals surface area (Å²) in [5.74, 6) is -0.282. The van der Waals surface area contributed by atoms with Crippen LogP contribution in [0.2, 0.25) is 0 Å². The van der Waals surface area contributed by atoms with Crippen molar-refractivity contribution in [3.8, 4) is 11.1 Å². The van der Waals surface area contributed by atoms with Crippen LogP contribution in [-0.4, -0.2) is 33.6 Å². The first kappa shape index (κ1) is 27.2. The molecule has 2 aromatic rings. The minimum Gasteiger partial charge on any atom is -0.479 e. The van der Waals surface area contributed by atoms with Crippen LogP contribution in [0.25, 0.3) is 11.1 Å². The van der Waals surface area contributed by atoms with E-state index in [0.29, 0.717) is 18.7 Å². The van der Waals surface area contributed by atoms with E-state index in [0.717, 1.165) is 70.5 Å². The molecule has 1 aliphatic carbocycles. The Hall–Kier alpha value is -2.86. The predicted octanol–water partition coefficient (Wildman–Crippen LogP) is 6.82. The van der Waals surface area contributed by atoms with Crippen LogP contribution in [0, 0.1) is 26.7 Å². The molecule has 0 spiro atoms. The molecule has 0 radical (unpaired) electrons. The number of carbonyl (C=O) groups is 2. The molecular formula is C31H42N2O4. The van der Waals surface area contributed by atoms with Gasteiger partial charge in [0.05, 0.1) is 5.60 Å². The number of nitrogens with one attached hydrogen (secondary N) is 1. The lowest BCUT2D eigenvalue weighted by atomic mass is 9.83. The number of fused-ring (bicyclic) bond motifs is 1. The van der Waals surface area contributed by atoms with Gasteiger partial charge in [-0.05, 0) is 107 Å². The number of carbonyl (C=O) groups excluding carboxylic acids is 1. The van der Waals surface area contributed by atoms with Gasteiger partial charge in [0.25, 0.3) is 0 Å². The van der Waals surface area contributed by atoms with Crippen LogP contribution in [-0.2, 0) is 22.6 Å². The zero-order chi connectivity index (χ0) is 27.1.